The molecule has 0 bridgehead atoms. The third-order valence-electron chi connectivity index (χ3n) is 5.26. The molecular formula is C13H16N5O12P3. The summed E-state index contributed by atoms with van der Waals surface area (Å²) < 4.78 is 53.0. The first-order chi connectivity index (χ1) is 15.1. The molecule has 3 heterocycles. The van der Waals surface area contributed by atoms with E-state index in [0.717, 1.165) is 0 Å². The molecule has 33 heavy (non-hydrogen) atoms. The molecule has 0 aromatic carbocycles. The first-order valence-corrected chi connectivity index (χ1v) is 13.3. The van der Waals surface area contributed by atoms with Crippen LogP contribution in [0, 0.1) is 16.7 Å². The molecule has 2 aromatic heterocycles. The zero-order chi connectivity index (χ0) is 24.4. The van der Waals surface area contributed by atoms with Crippen molar-refractivity contribution in [1.29, 1.82) is 5.26 Å². The first kappa shape index (κ1) is 24.4. The van der Waals surface area contributed by atoms with Gasteiger partial charge >= 0.3 is 23.5 Å². The van der Waals surface area contributed by atoms with Gasteiger partial charge in [0.2, 0.25) is 0 Å². The maximum Gasteiger partial charge on any atom is 0.490 e. The van der Waals surface area contributed by atoms with Crippen molar-refractivity contribution in [2.75, 3.05) is 12.3 Å². The number of ether oxygens (including phenoxy) is 1. The first-order valence-electron chi connectivity index (χ1n) is 8.79. The molecule has 0 amide bonds. The van der Waals surface area contributed by atoms with Crippen molar-refractivity contribution in [2.45, 2.75) is 24.2 Å². The molecule has 0 radical (unpaired) electrons. The van der Waals surface area contributed by atoms with Gasteiger partial charge in [-0.2, -0.15) is 19.0 Å². The molecule has 180 valence electrons. The lowest BCUT2D eigenvalue weighted by Gasteiger charge is -2.22. The van der Waals surface area contributed by atoms with Crippen LogP contribution in [0.1, 0.15) is 18.2 Å². The highest BCUT2D eigenvalue weighted by atomic mass is 31.3. The summed E-state index contributed by atoms with van der Waals surface area (Å²) in [4.78, 5) is 39.8. The number of nitrogens with zero attached hydrogens (tertiary/aromatic N) is 4. The number of nitrogens with two attached hydrogens (primary N) is 1. The van der Waals surface area contributed by atoms with E-state index in [1.165, 1.54) is 10.8 Å². The molecule has 4 rings (SSSR count). The normalized spacial score (nSPS) is 32.6. The van der Waals surface area contributed by atoms with Crippen LogP contribution < -0.4 is 5.73 Å². The number of phosphoric ester groups is 1. The Bertz CT molecular complexity index is 1310. The highest BCUT2D eigenvalue weighted by Crippen LogP contribution is 2.72. The van der Waals surface area contributed by atoms with E-state index in [2.05, 4.69) is 23.2 Å². The summed E-state index contributed by atoms with van der Waals surface area (Å²) >= 11 is 0. The van der Waals surface area contributed by atoms with E-state index in [4.69, 9.17) is 20.3 Å². The minimum atomic E-state index is -5.71. The topological polar surface area (TPSA) is 269 Å². The number of hydrogen-bond acceptors (Lipinski definition) is 12. The number of nitrogen functional groups attached to an aromatic ring is 1. The number of nitriles is 1. The molecule has 2 unspecified atom stereocenters. The summed E-state index contributed by atoms with van der Waals surface area (Å²) in [6, 6.07) is 5.11. The average Bonchev–Trinajstić information content (AvgIpc) is 2.96. The summed E-state index contributed by atoms with van der Waals surface area (Å²) in [5, 5.41) is 24.7. The Balaban J connectivity index is 1.53. The molecule has 20 heteroatoms. The van der Waals surface area contributed by atoms with Crippen molar-refractivity contribution >= 4 is 34.8 Å². The lowest BCUT2D eigenvalue weighted by Crippen LogP contribution is -2.32. The summed E-state index contributed by atoms with van der Waals surface area (Å²) in [6.45, 7) is -0.902. The van der Waals surface area contributed by atoms with E-state index in [-0.39, 0.29) is 12.2 Å². The second kappa shape index (κ2) is 7.62. The van der Waals surface area contributed by atoms with Crippen molar-refractivity contribution in [3.63, 3.8) is 0 Å². The number of phosphoric acid groups is 3. The molecule has 17 nitrogen and oxygen atoms in total. The van der Waals surface area contributed by atoms with Crippen LogP contribution in [0.5, 0.6) is 0 Å². The Morgan fingerprint density at radius 3 is 2.58 bits per heavy atom. The summed E-state index contributed by atoms with van der Waals surface area (Å²) in [5.74, 6) is 0.149. The predicted molar refractivity (Wildman–Crippen MR) is 102 cm³/mol. The molecule has 1 aliphatic heterocycles. The fraction of sp³-hybridized carbons (Fsp3) is 0.462. The van der Waals surface area contributed by atoms with Crippen LogP contribution in [0.2, 0.25) is 0 Å². The van der Waals surface area contributed by atoms with E-state index in [0.29, 0.717) is 11.2 Å². The quantitative estimate of drug-likeness (QED) is 0.241. The van der Waals surface area contributed by atoms with Gasteiger partial charge in [0.1, 0.15) is 35.1 Å². The van der Waals surface area contributed by atoms with Gasteiger partial charge in [-0.15, -0.1) is 0 Å². The molecule has 1 aliphatic carbocycles. The monoisotopic (exact) mass is 527 g/mol. The van der Waals surface area contributed by atoms with Crippen LogP contribution in [0.4, 0.5) is 5.82 Å². The van der Waals surface area contributed by atoms with E-state index >= 15 is 0 Å². The van der Waals surface area contributed by atoms with Crippen molar-refractivity contribution in [3.05, 3.63) is 24.2 Å². The molecule has 1 saturated heterocycles. The van der Waals surface area contributed by atoms with Gasteiger partial charge in [0.25, 0.3) is 0 Å². The van der Waals surface area contributed by atoms with Gasteiger partial charge in [-0.1, -0.05) is 0 Å². The summed E-state index contributed by atoms with van der Waals surface area (Å²) in [5.41, 5.74) is 3.25. The van der Waals surface area contributed by atoms with Crippen LogP contribution in [0.25, 0.3) is 5.52 Å². The van der Waals surface area contributed by atoms with Crippen molar-refractivity contribution in [1.82, 2.24) is 14.6 Å². The second-order valence-corrected chi connectivity index (χ2v) is 11.7. The van der Waals surface area contributed by atoms with Gasteiger partial charge in [0.05, 0.1) is 18.4 Å². The SMILES string of the molecule is N#C[C@]12C[C@@]1(O)[C@@H](COP(=O)(O)OP(=O)(O)OP(=O)(O)O)O[C@H]2c1ccc2c(N)ncnn12. The third kappa shape index (κ3) is 4.26. The zero-order valence-corrected chi connectivity index (χ0v) is 18.8. The predicted octanol–water partition coefficient (Wildman–Crippen LogP) is -0.261. The van der Waals surface area contributed by atoms with Crippen LogP contribution in [0.3, 0.4) is 0 Å². The molecular weight excluding hydrogens is 511 g/mol. The van der Waals surface area contributed by atoms with E-state index in [1.54, 1.807) is 12.1 Å². The van der Waals surface area contributed by atoms with Gasteiger partial charge in [-0.3, -0.25) is 4.52 Å². The molecule has 2 aromatic rings. The largest absolute Gasteiger partial charge is 0.490 e. The van der Waals surface area contributed by atoms with Gasteiger partial charge in [-0.25, -0.2) is 23.2 Å². The van der Waals surface area contributed by atoms with E-state index in [1.807, 2.05) is 6.07 Å². The smallest absolute Gasteiger partial charge is 0.385 e. The van der Waals surface area contributed by atoms with Crippen molar-refractivity contribution in [3.8, 4) is 6.07 Å². The van der Waals surface area contributed by atoms with Crippen molar-refractivity contribution < 1.29 is 56.3 Å². The molecule has 2 fully saturated rings. The molecule has 2 aliphatic rings. The van der Waals surface area contributed by atoms with E-state index in [9.17, 15) is 33.9 Å². The summed E-state index contributed by atoms with van der Waals surface area (Å²) in [6.07, 6.45) is -1.37. The zero-order valence-electron chi connectivity index (χ0n) is 16.1. The highest BCUT2D eigenvalue weighted by Gasteiger charge is 2.81. The van der Waals surface area contributed by atoms with E-state index < -0.39 is 53.3 Å². The Hall–Kier alpha value is -1.76. The van der Waals surface area contributed by atoms with Crippen LogP contribution in [-0.4, -0.2) is 57.6 Å². The van der Waals surface area contributed by atoms with Crippen LogP contribution in [-0.2, 0) is 31.6 Å². The molecule has 6 atom stereocenters. The second-order valence-electron chi connectivity index (χ2n) is 7.28. The maximum atomic E-state index is 12.0. The fourth-order valence-electron chi connectivity index (χ4n) is 3.83. The lowest BCUT2D eigenvalue weighted by molar-refractivity contribution is -0.0606. The Morgan fingerprint density at radius 1 is 1.24 bits per heavy atom. The Kier molecular flexibility index (Phi) is 5.63. The van der Waals surface area contributed by atoms with Gasteiger partial charge in [0.15, 0.2) is 5.82 Å². The Morgan fingerprint density at radius 2 is 1.94 bits per heavy atom. The fourth-order valence-corrected chi connectivity index (χ4v) is 6.84. The molecule has 7 N–H and O–H groups in total. The van der Waals surface area contributed by atoms with Gasteiger partial charge < -0.3 is 35.2 Å². The van der Waals surface area contributed by atoms with Crippen LogP contribution >= 0.6 is 23.5 Å². The number of rotatable bonds is 8. The highest BCUT2D eigenvalue weighted by molar-refractivity contribution is 7.66. The van der Waals surface area contributed by atoms with Gasteiger partial charge in [0, 0.05) is 6.42 Å². The van der Waals surface area contributed by atoms with Crippen molar-refractivity contribution in [2.24, 2.45) is 5.41 Å². The lowest BCUT2D eigenvalue weighted by atomic mass is 9.95. The maximum absolute atomic E-state index is 12.0. The number of anilines is 1. The number of hydrogen-bond donors (Lipinski definition) is 6. The third-order valence-corrected chi connectivity index (χ3v) is 9.06. The number of fused-ring (bicyclic) bond motifs is 2. The minimum absolute atomic E-state index is 0.0978. The minimum Gasteiger partial charge on any atom is -0.385 e. The molecule has 0 spiro atoms. The summed E-state index contributed by atoms with van der Waals surface area (Å²) in [7, 11) is -16.7. The van der Waals surface area contributed by atoms with Crippen LogP contribution in [0.15, 0.2) is 18.5 Å². The standard InChI is InChI=1S/C13H16N5O12P3/c14-5-12-4-13(12,19)9(3-27-32(23,24)30-33(25,26)29-31(20,21)22)28-10(12)7-1-2-8-11(15)16-6-17-18(7)8/h1-2,6,9-10,19H,3-4H2,(H,23,24)(H,25,26)(H2,15,16,17)(H2,20,21,22)/t9-,10+,12+,13-/m1/s1. The van der Waals surface area contributed by atoms with Gasteiger partial charge in [-0.05, 0) is 12.1 Å². The number of aromatic nitrogens is 3. The number of aliphatic hydroxyl groups is 1. The Labute approximate surface area is 183 Å². The molecule has 1 saturated carbocycles. The average molecular weight is 527 g/mol.